The van der Waals surface area contributed by atoms with Crippen molar-refractivity contribution in [2.24, 2.45) is 29.2 Å². The van der Waals surface area contributed by atoms with Crippen molar-refractivity contribution in [3.8, 4) is 0 Å². The summed E-state index contributed by atoms with van der Waals surface area (Å²) in [6, 6.07) is 0. The highest BCUT2D eigenvalue weighted by Crippen LogP contribution is 2.35. The predicted molar refractivity (Wildman–Crippen MR) is 92.1 cm³/mol. The molecule has 1 rings (SSSR count). The van der Waals surface area contributed by atoms with Gasteiger partial charge in [0.25, 0.3) is 0 Å². The lowest BCUT2D eigenvalue weighted by atomic mass is 9.73. The van der Waals surface area contributed by atoms with Crippen molar-refractivity contribution in [2.45, 2.75) is 77.2 Å². The number of Topliss-reactive ketones (excluding diaryl/α,β-unsaturated/α-hetero) is 1. The Labute approximate surface area is 144 Å². The first-order valence-electron chi connectivity index (χ1n) is 9.01. The minimum absolute atomic E-state index is 0.195. The Balaban J connectivity index is 2.55. The van der Waals surface area contributed by atoms with Gasteiger partial charge in [0.2, 0.25) is 5.91 Å². The van der Waals surface area contributed by atoms with E-state index in [0.717, 1.165) is 12.8 Å². The molecular formula is C18H32N2O4. The third kappa shape index (κ3) is 5.89. The van der Waals surface area contributed by atoms with Crippen LogP contribution < -0.4 is 11.5 Å². The van der Waals surface area contributed by atoms with E-state index < -0.39 is 23.2 Å². The van der Waals surface area contributed by atoms with Gasteiger partial charge in [0.05, 0.1) is 0 Å². The summed E-state index contributed by atoms with van der Waals surface area (Å²) in [6.07, 6.45) is 6.44. The van der Waals surface area contributed by atoms with Crippen LogP contribution in [-0.2, 0) is 14.4 Å². The fourth-order valence-electron chi connectivity index (χ4n) is 3.55. The Bertz CT molecular complexity index is 456. The van der Waals surface area contributed by atoms with Gasteiger partial charge in [-0.3, -0.25) is 9.59 Å². The molecule has 138 valence electrons. The lowest BCUT2D eigenvalue weighted by molar-refractivity contribution is -0.150. The normalized spacial score (nSPS) is 23.7. The average Bonchev–Trinajstić information content (AvgIpc) is 2.52. The fraction of sp³-hybridized carbons (Fsp3) is 0.833. The average molecular weight is 340 g/mol. The first-order valence-corrected chi connectivity index (χ1v) is 9.01. The number of aliphatic carboxylic acids is 1. The number of primary amides is 1. The molecule has 0 aromatic heterocycles. The summed E-state index contributed by atoms with van der Waals surface area (Å²) < 4.78 is 0. The van der Waals surface area contributed by atoms with Crippen LogP contribution in [0.2, 0.25) is 0 Å². The molecule has 1 amide bonds. The first kappa shape index (κ1) is 20.6. The molecule has 5 N–H and O–H groups in total. The van der Waals surface area contributed by atoms with Gasteiger partial charge in [0.1, 0.15) is 0 Å². The van der Waals surface area contributed by atoms with Gasteiger partial charge in [-0.15, -0.1) is 0 Å². The van der Waals surface area contributed by atoms with E-state index in [1.807, 2.05) is 0 Å². The SMILES string of the molecule is CC(C)CCCC1CCC(C(=O)C(N)(CCC(N)=O)C(=O)O)CC1. The van der Waals surface area contributed by atoms with Crippen LogP contribution in [0.25, 0.3) is 0 Å². The van der Waals surface area contributed by atoms with E-state index in [0.29, 0.717) is 24.7 Å². The number of amides is 1. The van der Waals surface area contributed by atoms with E-state index in [-0.39, 0.29) is 18.8 Å². The van der Waals surface area contributed by atoms with Crippen LogP contribution in [0, 0.1) is 17.8 Å². The maximum Gasteiger partial charge on any atom is 0.331 e. The Kier molecular flexibility index (Phi) is 7.87. The molecule has 0 heterocycles. The van der Waals surface area contributed by atoms with Crippen LogP contribution >= 0.6 is 0 Å². The molecule has 1 aliphatic carbocycles. The summed E-state index contributed by atoms with van der Waals surface area (Å²) in [5, 5.41) is 9.37. The van der Waals surface area contributed by atoms with Gasteiger partial charge in [0.15, 0.2) is 11.3 Å². The highest BCUT2D eigenvalue weighted by molar-refractivity contribution is 6.08. The summed E-state index contributed by atoms with van der Waals surface area (Å²) in [4.78, 5) is 35.0. The third-order valence-electron chi connectivity index (χ3n) is 5.20. The molecule has 24 heavy (non-hydrogen) atoms. The molecular weight excluding hydrogens is 308 g/mol. The fourth-order valence-corrected chi connectivity index (χ4v) is 3.55. The van der Waals surface area contributed by atoms with Crippen LogP contribution in [0.5, 0.6) is 0 Å². The van der Waals surface area contributed by atoms with Crippen LogP contribution in [0.4, 0.5) is 0 Å². The van der Waals surface area contributed by atoms with E-state index in [2.05, 4.69) is 13.8 Å². The Hall–Kier alpha value is -1.43. The number of carboxylic acid groups (broad SMARTS) is 1. The zero-order valence-electron chi connectivity index (χ0n) is 14.9. The van der Waals surface area contributed by atoms with E-state index >= 15 is 0 Å². The molecule has 0 aliphatic heterocycles. The first-order chi connectivity index (χ1) is 11.2. The van der Waals surface area contributed by atoms with Crippen molar-refractivity contribution in [1.29, 1.82) is 0 Å². The highest BCUT2D eigenvalue weighted by Gasteiger charge is 2.45. The number of carbonyl (C=O) groups excluding carboxylic acids is 2. The molecule has 1 aliphatic rings. The van der Waals surface area contributed by atoms with Gasteiger partial charge in [0, 0.05) is 12.3 Å². The largest absolute Gasteiger partial charge is 0.480 e. The maximum absolute atomic E-state index is 12.6. The van der Waals surface area contributed by atoms with Crippen LogP contribution in [0.15, 0.2) is 0 Å². The van der Waals surface area contributed by atoms with Crippen LogP contribution in [0.1, 0.15) is 71.6 Å². The van der Waals surface area contributed by atoms with Gasteiger partial charge in [-0.25, -0.2) is 4.79 Å². The highest BCUT2D eigenvalue weighted by atomic mass is 16.4. The smallest absolute Gasteiger partial charge is 0.331 e. The van der Waals surface area contributed by atoms with Crippen molar-refractivity contribution in [3.63, 3.8) is 0 Å². The molecule has 1 unspecified atom stereocenters. The van der Waals surface area contributed by atoms with Gasteiger partial charge in [-0.1, -0.05) is 33.1 Å². The van der Waals surface area contributed by atoms with Crippen molar-refractivity contribution in [1.82, 2.24) is 0 Å². The number of ketones is 1. The monoisotopic (exact) mass is 340 g/mol. The quantitative estimate of drug-likeness (QED) is 0.526. The summed E-state index contributed by atoms with van der Waals surface area (Å²) in [5.41, 5.74) is 8.92. The molecule has 0 radical (unpaired) electrons. The second-order valence-electron chi connectivity index (χ2n) is 7.65. The van der Waals surface area contributed by atoms with Gasteiger partial charge >= 0.3 is 5.97 Å². The molecule has 1 saturated carbocycles. The van der Waals surface area contributed by atoms with Crippen molar-refractivity contribution in [3.05, 3.63) is 0 Å². The standard InChI is InChI=1S/C18H32N2O4/c1-12(2)4-3-5-13-6-8-14(9-7-13)16(22)18(20,17(23)24)11-10-15(19)21/h12-14H,3-11,20H2,1-2H3,(H2,19,21)(H,23,24). The Morgan fingerprint density at radius 2 is 1.75 bits per heavy atom. The van der Waals surface area contributed by atoms with E-state index in [1.54, 1.807) is 0 Å². The molecule has 1 atom stereocenters. The topological polar surface area (TPSA) is 123 Å². The number of carbonyl (C=O) groups is 3. The third-order valence-corrected chi connectivity index (χ3v) is 5.20. The Morgan fingerprint density at radius 3 is 2.21 bits per heavy atom. The zero-order valence-corrected chi connectivity index (χ0v) is 14.9. The summed E-state index contributed by atoms with van der Waals surface area (Å²) in [5.74, 6) is -1.45. The molecule has 0 aromatic rings. The van der Waals surface area contributed by atoms with E-state index in [4.69, 9.17) is 11.5 Å². The molecule has 0 bridgehead atoms. The molecule has 0 aromatic carbocycles. The van der Waals surface area contributed by atoms with Crippen molar-refractivity contribution < 1.29 is 19.5 Å². The van der Waals surface area contributed by atoms with Crippen molar-refractivity contribution >= 4 is 17.7 Å². The zero-order chi connectivity index (χ0) is 18.3. The summed E-state index contributed by atoms with van der Waals surface area (Å²) in [6.45, 7) is 4.43. The maximum atomic E-state index is 12.6. The molecule has 1 fully saturated rings. The molecule has 6 heteroatoms. The summed E-state index contributed by atoms with van der Waals surface area (Å²) >= 11 is 0. The Morgan fingerprint density at radius 1 is 1.17 bits per heavy atom. The minimum atomic E-state index is -2.00. The number of hydrogen-bond acceptors (Lipinski definition) is 4. The summed E-state index contributed by atoms with van der Waals surface area (Å²) in [7, 11) is 0. The molecule has 6 nitrogen and oxygen atoms in total. The van der Waals surface area contributed by atoms with Crippen LogP contribution in [0.3, 0.4) is 0 Å². The van der Waals surface area contributed by atoms with Gasteiger partial charge in [-0.05, 0) is 43.9 Å². The number of nitrogens with two attached hydrogens (primary N) is 2. The van der Waals surface area contributed by atoms with Gasteiger partial charge in [-0.2, -0.15) is 0 Å². The van der Waals surface area contributed by atoms with Crippen molar-refractivity contribution in [2.75, 3.05) is 0 Å². The predicted octanol–water partition coefficient (Wildman–Crippen LogP) is 2.24. The van der Waals surface area contributed by atoms with E-state index in [1.165, 1.54) is 19.3 Å². The lowest BCUT2D eigenvalue weighted by Gasteiger charge is -2.32. The molecule has 0 spiro atoms. The van der Waals surface area contributed by atoms with Gasteiger partial charge < -0.3 is 16.6 Å². The molecule has 0 saturated heterocycles. The number of rotatable bonds is 10. The van der Waals surface area contributed by atoms with Crippen LogP contribution in [-0.4, -0.2) is 28.3 Å². The second kappa shape index (κ2) is 9.16. The van der Waals surface area contributed by atoms with E-state index in [9.17, 15) is 19.5 Å². The lowest BCUT2D eigenvalue weighted by Crippen LogP contribution is -2.57. The minimum Gasteiger partial charge on any atom is -0.480 e. The number of carboxylic acids is 1. The second-order valence-corrected chi connectivity index (χ2v) is 7.65. The number of hydrogen-bond donors (Lipinski definition) is 3.